The van der Waals surface area contributed by atoms with Crippen molar-refractivity contribution in [2.45, 2.75) is 0 Å². The zero-order valence-electron chi connectivity index (χ0n) is 8.34. The number of hydrogen-bond acceptors (Lipinski definition) is 4. The number of hydrogen-bond donors (Lipinski definition) is 1. The van der Waals surface area contributed by atoms with Crippen LogP contribution in [-0.2, 0) is 0 Å². The zero-order valence-corrected chi connectivity index (χ0v) is 8.34. The van der Waals surface area contributed by atoms with Gasteiger partial charge in [-0.05, 0) is 12.1 Å². The molecule has 15 heavy (non-hydrogen) atoms. The molecule has 0 bridgehead atoms. The summed E-state index contributed by atoms with van der Waals surface area (Å²) in [5.41, 5.74) is 1.80. The summed E-state index contributed by atoms with van der Waals surface area (Å²) in [6.07, 6.45) is 4.93. The van der Waals surface area contributed by atoms with Gasteiger partial charge in [-0.25, -0.2) is 9.97 Å². The number of nitrogens with zero attached hydrogens (tertiary/aromatic N) is 2. The van der Waals surface area contributed by atoms with Gasteiger partial charge in [-0.2, -0.15) is 0 Å². The van der Waals surface area contributed by atoms with Crippen molar-refractivity contribution in [1.29, 1.82) is 0 Å². The largest absolute Gasteiger partial charge is 0.497 e. The maximum absolute atomic E-state index is 5.12. The fourth-order valence-electron chi connectivity index (χ4n) is 1.23. The number of nitrogens with one attached hydrogen (secondary N) is 1. The Morgan fingerprint density at radius 1 is 1.13 bits per heavy atom. The third-order valence-corrected chi connectivity index (χ3v) is 1.92. The number of rotatable bonds is 3. The highest BCUT2D eigenvalue weighted by Gasteiger charge is 1.96. The van der Waals surface area contributed by atoms with Gasteiger partial charge in [0.15, 0.2) is 0 Å². The van der Waals surface area contributed by atoms with E-state index in [2.05, 4.69) is 15.3 Å². The Balaban J connectivity index is 2.17. The third kappa shape index (κ3) is 2.43. The molecule has 4 heteroatoms. The van der Waals surface area contributed by atoms with Crippen molar-refractivity contribution in [3.8, 4) is 5.75 Å². The summed E-state index contributed by atoms with van der Waals surface area (Å²) in [6.45, 7) is 0. The first-order chi connectivity index (χ1) is 7.38. The SMILES string of the molecule is COc1cccc(Nc2cncnc2)c1. The van der Waals surface area contributed by atoms with Gasteiger partial charge in [-0.15, -0.1) is 0 Å². The number of anilines is 2. The van der Waals surface area contributed by atoms with Crippen LogP contribution in [0.2, 0.25) is 0 Å². The Morgan fingerprint density at radius 3 is 2.67 bits per heavy atom. The average Bonchev–Trinajstić information content (AvgIpc) is 2.31. The van der Waals surface area contributed by atoms with E-state index in [1.807, 2.05) is 24.3 Å². The first-order valence-corrected chi connectivity index (χ1v) is 4.54. The van der Waals surface area contributed by atoms with Gasteiger partial charge in [-0.1, -0.05) is 6.07 Å². The molecule has 0 aliphatic heterocycles. The molecular weight excluding hydrogens is 190 g/mol. The van der Waals surface area contributed by atoms with Gasteiger partial charge in [-0.3, -0.25) is 0 Å². The Labute approximate surface area is 88.0 Å². The molecule has 0 aliphatic rings. The van der Waals surface area contributed by atoms with Gasteiger partial charge in [0.2, 0.25) is 0 Å². The molecule has 1 aromatic heterocycles. The second kappa shape index (κ2) is 4.41. The average molecular weight is 201 g/mol. The normalized spacial score (nSPS) is 9.67. The standard InChI is InChI=1S/C11H11N3O/c1-15-11-4-2-3-9(5-11)14-10-6-12-8-13-7-10/h2-8,14H,1H3. The van der Waals surface area contributed by atoms with Gasteiger partial charge in [0.1, 0.15) is 12.1 Å². The van der Waals surface area contributed by atoms with Crippen molar-refractivity contribution in [2.24, 2.45) is 0 Å². The molecule has 1 N–H and O–H groups in total. The minimum Gasteiger partial charge on any atom is -0.497 e. The van der Waals surface area contributed by atoms with Crippen LogP contribution < -0.4 is 10.1 Å². The Bertz CT molecular complexity index is 431. The second-order valence-electron chi connectivity index (χ2n) is 2.98. The molecule has 0 spiro atoms. The van der Waals surface area contributed by atoms with E-state index >= 15 is 0 Å². The molecule has 0 amide bonds. The lowest BCUT2D eigenvalue weighted by Gasteiger charge is -2.06. The summed E-state index contributed by atoms with van der Waals surface area (Å²) in [7, 11) is 1.64. The van der Waals surface area contributed by atoms with E-state index in [1.54, 1.807) is 19.5 Å². The number of methoxy groups -OCH3 is 1. The summed E-state index contributed by atoms with van der Waals surface area (Å²) in [6, 6.07) is 7.68. The summed E-state index contributed by atoms with van der Waals surface area (Å²) in [5.74, 6) is 0.817. The Kier molecular flexibility index (Phi) is 2.78. The van der Waals surface area contributed by atoms with E-state index in [0.717, 1.165) is 17.1 Å². The lowest BCUT2D eigenvalue weighted by Crippen LogP contribution is -1.92. The molecule has 0 saturated heterocycles. The molecule has 0 atom stereocenters. The van der Waals surface area contributed by atoms with Crippen molar-refractivity contribution in [3.05, 3.63) is 43.0 Å². The number of ether oxygens (including phenoxy) is 1. The van der Waals surface area contributed by atoms with Crippen molar-refractivity contribution in [3.63, 3.8) is 0 Å². The highest BCUT2D eigenvalue weighted by atomic mass is 16.5. The molecule has 0 fully saturated rings. The fraction of sp³-hybridized carbons (Fsp3) is 0.0909. The maximum atomic E-state index is 5.12. The minimum atomic E-state index is 0.817. The van der Waals surface area contributed by atoms with Crippen LogP contribution in [0.4, 0.5) is 11.4 Å². The van der Waals surface area contributed by atoms with Crippen LogP contribution in [-0.4, -0.2) is 17.1 Å². The van der Waals surface area contributed by atoms with E-state index in [9.17, 15) is 0 Å². The Hall–Kier alpha value is -2.10. The van der Waals surface area contributed by atoms with Crippen LogP contribution in [0.15, 0.2) is 43.0 Å². The molecule has 2 rings (SSSR count). The van der Waals surface area contributed by atoms with Crippen molar-refractivity contribution in [1.82, 2.24) is 9.97 Å². The molecule has 2 aromatic rings. The molecule has 0 unspecified atom stereocenters. The highest BCUT2D eigenvalue weighted by Crippen LogP contribution is 2.19. The van der Waals surface area contributed by atoms with E-state index in [-0.39, 0.29) is 0 Å². The van der Waals surface area contributed by atoms with Crippen molar-refractivity contribution in [2.75, 3.05) is 12.4 Å². The van der Waals surface area contributed by atoms with Gasteiger partial charge >= 0.3 is 0 Å². The van der Waals surface area contributed by atoms with Gasteiger partial charge in [0, 0.05) is 11.8 Å². The van der Waals surface area contributed by atoms with Gasteiger partial charge < -0.3 is 10.1 Å². The first kappa shape index (κ1) is 9.45. The molecule has 0 radical (unpaired) electrons. The summed E-state index contributed by atoms with van der Waals surface area (Å²) in [4.78, 5) is 7.84. The predicted molar refractivity (Wildman–Crippen MR) is 58.3 cm³/mol. The van der Waals surface area contributed by atoms with Crippen LogP contribution in [0.25, 0.3) is 0 Å². The molecule has 76 valence electrons. The quantitative estimate of drug-likeness (QED) is 0.827. The van der Waals surface area contributed by atoms with Crippen LogP contribution in [0.1, 0.15) is 0 Å². The third-order valence-electron chi connectivity index (χ3n) is 1.92. The van der Waals surface area contributed by atoms with Crippen LogP contribution >= 0.6 is 0 Å². The lowest BCUT2D eigenvalue weighted by molar-refractivity contribution is 0.415. The van der Waals surface area contributed by atoms with Crippen LogP contribution in [0.3, 0.4) is 0 Å². The van der Waals surface area contributed by atoms with Crippen LogP contribution in [0, 0.1) is 0 Å². The van der Waals surface area contributed by atoms with E-state index < -0.39 is 0 Å². The maximum Gasteiger partial charge on any atom is 0.120 e. The van der Waals surface area contributed by atoms with E-state index in [4.69, 9.17) is 4.74 Å². The van der Waals surface area contributed by atoms with E-state index in [0.29, 0.717) is 0 Å². The zero-order chi connectivity index (χ0) is 10.5. The Morgan fingerprint density at radius 2 is 1.93 bits per heavy atom. The highest BCUT2D eigenvalue weighted by molar-refractivity contribution is 5.59. The number of aromatic nitrogens is 2. The summed E-state index contributed by atoms with van der Waals surface area (Å²) >= 11 is 0. The molecule has 1 aromatic carbocycles. The monoisotopic (exact) mass is 201 g/mol. The van der Waals surface area contributed by atoms with Gasteiger partial charge in [0.25, 0.3) is 0 Å². The van der Waals surface area contributed by atoms with Crippen LogP contribution in [0.5, 0.6) is 5.75 Å². The van der Waals surface area contributed by atoms with E-state index in [1.165, 1.54) is 6.33 Å². The predicted octanol–water partition coefficient (Wildman–Crippen LogP) is 2.23. The number of benzene rings is 1. The molecule has 4 nitrogen and oxygen atoms in total. The molecular formula is C11H11N3O. The lowest BCUT2D eigenvalue weighted by atomic mass is 10.3. The van der Waals surface area contributed by atoms with Crippen molar-refractivity contribution < 1.29 is 4.74 Å². The minimum absolute atomic E-state index is 0.817. The van der Waals surface area contributed by atoms with Crippen molar-refractivity contribution >= 4 is 11.4 Å². The van der Waals surface area contributed by atoms with Gasteiger partial charge in [0.05, 0.1) is 25.2 Å². The smallest absolute Gasteiger partial charge is 0.120 e. The second-order valence-corrected chi connectivity index (χ2v) is 2.98. The molecule has 1 heterocycles. The molecule has 0 aliphatic carbocycles. The summed E-state index contributed by atoms with van der Waals surface area (Å²) < 4.78 is 5.12. The first-order valence-electron chi connectivity index (χ1n) is 4.54. The summed E-state index contributed by atoms with van der Waals surface area (Å²) in [5, 5.41) is 3.17. The topological polar surface area (TPSA) is 47.0 Å². The fourth-order valence-corrected chi connectivity index (χ4v) is 1.23. The molecule has 0 saturated carbocycles.